The topological polar surface area (TPSA) is 158 Å². The molecule has 3 aromatic rings. The molecule has 4 heterocycles. The number of amides is 2. The second-order valence-corrected chi connectivity index (χ2v) is 12.5. The first-order valence-corrected chi connectivity index (χ1v) is 16.7. The number of aliphatic imine (C=N–C) groups is 1. The molecular formula is C36H41FN10O3. The van der Waals surface area contributed by atoms with Crippen molar-refractivity contribution in [1.82, 2.24) is 25.5 Å². The van der Waals surface area contributed by atoms with Crippen molar-refractivity contribution in [2.75, 3.05) is 61.5 Å². The maximum atomic E-state index is 13.8. The van der Waals surface area contributed by atoms with Crippen LogP contribution in [0.4, 0.5) is 21.6 Å². The van der Waals surface area contributed by atoms with Gasteiger partial charge in [-0.1, -0.05) is 18.2 Å². The molecule has 6 rings (SSSR count). The van der Waals surface area contributed by atoms with Crippen LogP contribution in [0.5, 0.6) is 0 Å². The average molecular weight is 681 g/mol. The van der Waals surface area contributed by atoms with E-state index in [9.17, 15) is 18.8 Å². The molecule has 1 aromatic heterocycles. The first kappa shape index (κ1) is 34.2. The van der Waals surface area contributed by atoms with Crippen LogP contribution in [-0.4, -0.2) is 90.4 Å². The zero-order chi connectivity index (χ0) is 35.0. The van der Waals surface area contributed by atoms with Gasteiger partial charge in [0.15, 0.2) is 6.29 Å². The Labute approximate surface area is 290 Å². The quantitative estimate of drug-likeness (QED) is 0.0882. The molecule has 260 valence electrons. The lowest BCUT2D eigenvalue weighted by molar-refractivity contribution is -0.121. The molecule has 2 saturated heterocycles. The normalized spacial score (nSPS) is 19.2. The van der Waals surface area contributed by atoms with Gasteiger partial charge < -0.3 is 20.4 Å². The Hall–Kier alpha value is -5.63. The van der Waals surface area contributed by atoms with Crippen molar-refractivity contribution in [3.05, 3.63) is 95.5 Å². The summed E-state index contributed by atoms with van der Waals surface area (Å²) in [7, 11) is 0. The van der Waals surface area contributed by atoms with Gasteiger partial charge in [-0.05, 0) is 73.0 Å². The Kier molecular flexibility index (Phi) is 10.8. The third-order valence-corrected chi connectivity index (χ3v) is 8.97. The maximum Gasteiger partial charge on any atom is 0.252 e. The summed E-state index contributed by atoms with van der Waals surface area (Å²) in [5.41, 5.74) is 8.54. The van der Waals surface area contributed by atoms with E-state index in [1.54, 1.807) is 36.4 Å². The summed E-state index contributed by atoms with van der Waals surface area (Å²) in [6, 6.07) is 17.3. The van der Waals surface area contributed by atoms with Gasteiger partial charge in [-0.25, -0.2) is 9.37 Å². The zero-order valence-corrected chi connectivity index (χ0v) is 27.9. The highest BCUT2D eigenvalue weighted by Gasteiger charge is 2.28. The van der Waals surface area contributed by atoms with Crippen LogP contribution < -0.4 is 26.4 Å². The number of carbonyl (C=O) groups excluding carboxylic acids is 3. The highest BCUT2D eigenvalue weighted by molar-refractivity contribution is 6.01. The summed E-state index contributed by atoms with van der Waals surface area (Å²) < 4.78 is 13.8. The molecule has 0 spiro atoms. The van der Waals surface area contributed by atoms with E-state index in [0.717, 1.165) is 36.5 Å². The van der Waals surface area contributed by atoms with Crippen molar-refractivity contribution in [3.8, 4) is 0 Å². The number of hydrogen-bond donors (Lipinski definition) is 5. The van der Waals surface area contributed by atoms with Crippen LogP contribution in [0.2, 0.25) is 0 Å². The van der Waals surface area contributed by atoms with Crippen LogP contribution in [-0.2, 0) is 9.59 Å². The first-order chi connectivity index (χ1) is 24.2. The lowest BCUT2D eigenvalue weighted by Crippen LogP contribution is -2.50. The summed E-state index contributed by atoms with van der Waals surface area (Å²) in [6.07, 6.45) is 6.07. The van der Waals surface area contributed by atoms with Crippen LogP contribution in [0.15, 0.2) is 77.8 Å². The number of amidine groups is 2. The minimum Gasteiger partial charge on any atom is -0.360 e. The number of aromatic nitrogens is 1. The van der Waals surface area contributed by atoms with E-state index >= 15 is 0 Å². The van der Waals surface area contributed by atoms with E-state index < -0.39 is 0 Å². The van der Waals surface area contributed by atoms with Gasteiger partial charge in [-0.2, -0.15) is 0 Å². The number of hydrogen-bond acceptors (Lipinski definition) is 10. The first-order valence-electron chi connectivity index (χ1n) is 16.7. The number of hydrazine groups is 1. The fourth-order valence-electron chi connectivity index (χ4n) is 6.46. The molecule has 2 aromatic carbocycles. The number of benzene rings is 2. The molecule has 3 aliphatic heterocycles. The second kappa shape index (κ2) is 15.7. The number of anilines is 3. The Morgan fingerprint density at radius 3 is 2.66 bits per heavy atom. The fraction of sp³-hybridized carbons (Fsp3) is 0.333. The number of piperazine rings is 1. The summed E-state index contributed by atoms with van der Waals surface area (Å²) in [5.74, 6) is 1.17. The van der Waals surface area contributed by atoms with Gasteiger partial charge in [0, 0.05) is 45.2 Å². The minimum atomic E-state index is -0.299. The Balaban J connectivity index is 0.957. The van der Waals surface area contributed by atoms with Gasteiger partial charge in [0.25, 0.3) is 5.91 Å². The van der Waals surface area contributed by atoms with Gasteiger partial charge in [0.05, 0.1) is 42.2 Å². The number of nitrogens with one attached hydrogen (secondary N) is 5. The smallest absolute Gasteiger partial charge is 0.252 e. The van der Waals surface area contributed by atoms with E-state index in [1.807, 2.05) is 35.2 Å². The third-order valence-electron chi connectivity index (χ3n) is 8.97. The highest BCUT2D eigenvalue weighted by atomic mass is 19.1. The van der Waals surface area contributed by atoms with E-state index in [0.29, 0.717) is 67.6 Å². The van der Waals surface area contributed by atoms with Crippen molar-refractivity contribution >= 4 is 47.0 Å². The minimum absolute atomic E-state index is 0.0110. The monoisotopic (exact) mass is 680 g/mol. The number of halogens is 1. The van der Waals surface area contributed by atoms with E-state index in [2.05, 4.69) is 36.3 Å². The van der Waals surface area contributed by atoms with Crippen LogP contribution in [0.25, 0.3) is 0 Å². The molecule has 5 N–H and O–H groups in total. The standard InChI is InChI=1S/C36H41FN10O3/c1-24(49)40-30-20-28(11-10-26(30)23-48)43-44-36(50)22-45-15-17-46(18-16-45)35-9-3-7-29(42-35)31-21-39-34(41-31)13-12-33(38)47-14-4-8-32(47)25-5-2-6-27(37)19-25/h2-3,5-7,9-13,19-20,23,31-32,38,43H,4,8,14-18,21-22H2,1H3,(H,39,41)(H,40,49)(H,44,50)/b13-12-,38-33?. The van der Waals surface area contributed by atoms with Crippen molar-refractivity contribution < 1.29 is 18.8 Å². The molecule has 0 bridgehead atoms. The number of aldehydes is 1. The predicted octanol–water partition coefficient (Wildman–Crippen LogP) is 3.67. The lowest BCUT2D eigenvalue weighted by atomic mass is 10.0. The van der Waals surface area contributed by atoms with Gasteiger partial charge in [0.2, 0.25) is 5.91 Å². The molecule has 13 nitrogen and oxygen atoms in total. The average Bonchev–Trinajstić information content (AvgIpc) is 3.81. The molecule has 2 amide bonds. The van der Waals surface area contributed by atoms with Crippen molar-refractivity contribution in [1.29, 1.82) is 5.41 Å². The molecule has 0 saturated carbocycles. The Morgan fingerprint density at radius 1 is 1.06 bits per heavy atom. The summed E-state index contributed by atoms with van der Waals surface area (Å²) in [6.45, 7) is 5.64. The molecule has 3 aliphatic rings. The lowest BCUT2D eigenvalue weighted by Gasteiger charge is -2.35. The molecule has 14 heteroatoms. The third kappa shape index (κ3) is 8.50. The summed E-state index contributed by atoms with van der Waals surface area (Å²) >= 11 is 0. The summed E-state index contributed by atoms with van der Waals surface area (Å²) in [5, 5.41) is 14.7. The maximum absolute atomic E-state index is 13.8. The van der Waals surface area contributed by atoms with E-state index in [-0.39, 0.29) is 36.3 Å². The molecule has 50 heavy (non-hydrogen) atoms. The molecule has 2 unspecified atom stereocenters. The van der Waals surface area contributed by atoms with Crippen LogP contribution in [0.3, 0.4) is 0 Å². The molecule has 2 atom stereocenters. The van der Waals surface area contributed by atoms with Gasteiger partial charge in [-0.3, -0.25) is 40.5 Å². The number of rotatable bonds is 11. The van der Waals surface area contributed by atoms with Gasteiger partial charge in [0.1, 0.15) is 23.3 Å². The van der Waals surface area contributed by atoms with Crippen LogP contribution in [0, 0.1) is 11.2 Å². The number of pyridine rings is 1. The van der Waals surface area contributed by atoms with Gasteiger partial charge in [-0.15, -0.1) is 0 Å². The summed E-state index contributed by atoms with van der Waals surface area (Å²) in [4.78, 5) is 51.2. The van der Waals surface area contributed by atoms with Gasteiger partial charge >= 0.3 is 0 Å². The SMILES string of the molecule is CC(=O)Nc1cc(NNC(=O)CN2CCN(c3cccc(C4CN=C(/C=C\C(=N)N5CCCC5c5cccc(F)c5)N4)n3)CC2)ccc1C=O. The molecule has 0 radical (unpaired) electrons. The van der Waals surface area contributed by atoms with Crippen LogP contribution in [0.1, 0.15) is 53.5 Å². The van der Waals surface area contributed by atoms with Crippen molar-refractivity contribution in [2.24, 2.45) is 4.99 Å². The number of likely N-dealkylation sites (tertiary alicyclic amines) is 1. The molecule has 2 fully saturated rings. The Morgan fingerprint density at radius 2 is 1.88 bits per heavy atom. The number of carbonyl (C=O) groups is 3. The van der Waals surface area contributed by atoms with Crippen molar-refractivity contribution in [3.63, 3.8) is 0 Å². The predicted molar refractivity (Wildman–Crippen MR) is 191 cm³/mol. The fourth-order valence-corrected chi connectivity index (χ4v) is 6.46. The largest absolute Gasteiger partial charge is 0.360 e. The molecule has 0 aliphatic carbocycles. The molecular weight excluding hydrogens is 639 g/mol. The zero-order valence-electron chi connectivity index (χ0n) is 27.9. The van der Waals surface area contributed by atoms with E-state index in [4.69, 9.17) is 10.4 Å². The van der Waals surface area contributed by atoms with Crippen LogP contribution >= 0.6 is 0 Å². The number of nitrogens with zero attached hydrogens (tertiary/aromatic N) is 5. The Bertz CT molecular complexity index is 1810. The second-order valence-electron chi connectivity index (χ2n) is 12.5. The van der Waals surface area contributed by atoms with Crippen molar-refractivity contribution in [2.45, 2.75) is 31.8 Å². The van der Waals surface area contributed by atoms with E-state index in [1.165, 1.54) is 13.0 Å². The highest BCUT2D eigenvalue weighted by Crippen LogP contribution is 2.32.